The Bertz CT molecular complexity index is 856. The lowest BCUT2D eigenvalue weighted by Crippen LogP contribution is -2.50. The number of rotatable bonds is 3. The van der Waals surface area contributed by atoms with Gasteiger partial charge in [-0.1, -0.05) is 6.92 Å². The fraction of sp³-hybridized carbons (Fsp3) is 0.412. The predicted molar refractivity (Wildman–Crippen MR) is 96.4 cm³/mol. The zero-order chi connectivity index (χ0) is 18.9. The maximum absolute atomic E-state index is 13.1. The van der Waals surface area contributed by atoms with Crippen molar-refractivity contribution in [1.82, 2.24) is 14.1 Å². The third kappa shape index (κ3) is 3.63. The Kier molecular flexibility index (Phi) is 5.10. The first-order valence-corrected chi connectivity index (χ1v) is 9.79. The summed E-state index contributed by atoms with van der Waals surface area (Å²) in [5.74, 6) is -0.777. The predicted octanol–water partition coefficient (Wildman–Crippen LogP) is 0.853. The molecule has 1 fully saturated rings. The summed E-state index contributed by atoms with van der Waals surface area (Å²) in [6, 6.07) is 5.32. The van der Waals surface area contributed by atoms with Crippen molar-refractivity contribution in [3.8, 4) is 0 Å². The van der Waals surface area contributed by atoms with Crippen molar-refractivity contribution in [2.45, 2.75) is 6.92 Å². The van der Waals surface area contributed by atoms with Crippen LogP contribution in [0.15, 0.2) is 40.4 Å². The van der Waals surface area contributed by atoms with E-state index in [0.29, 0.717) is 18.7 Å². The van der Waals surface area contributed by atoms with Gasteiger partial charge in [0, 0.05) is 38.8 Å². The van der Waals surface area contributed by atoms with Gasteiger partial charge in [-0.05, 0) is 36.9 Å². The van der Waals surface area contributed by atoms with Crippen LogP contribution in [-0.2, 0) is 15.0 Å². The Morgan fingerprint density at radius 3 is 2.35 bits per heavy atom. The second-order valence-corrected chi connectivity index (χ2v) is 7.81. The third-order valence-corrected chi connectivity index (χ3v) is 5.95. The average molecular weight is 380 g/mol. The van der Waals surface area contributed by atoms with E-state index in [9.17, 15) is 17.6 Å². The lowest BCUT2D eigenvalue weighted by molar-refractivity contribution is -0.129. The summed E-state index contributed by atoms with van der Waals surface area (Å²) in [6.07, 6.45) is 1.45. The van der Waals surface area contributed by atoms with Crippen LogP contribution >= 0.6 is 0 Å². The SMILES string of the molecule is CCN1CCN(C(=O)C2=CC(c3ccc(F)cc3)=NS(=O)(=O)N2C)CC1. The third-order valence-electron chi connectivity index (χ3n) is 4.64. The van der Waals surface area contributed by atoms with Crippen LogP contribution in [0.2, 0.25) is 0 Å². The number of likely N-dealkylation sites (N-methyl/N-ethyl adjacent to an activating group) is 2. The van der Waals surface area contributed by atoms with Crippen LogP contribution < -0.4 is 0 Å². The van der Waals surface area contributed by atoms with Gasteiger partial charge in [-0.25, -0.2) is 8.70 Å². The smallest absolute Gasteiger partial charge is 0.335 e. The summed E-state index contributed by atoms with van der Waals surface area (Å²) in [4.78, 5) is 16.8. The Hall–Kier alpha value is -2.26. The molecule has 3 rings (SSSR count). The van der Waals surface area contributed by atoms with E-state index in [-0.39, 0.29) is 17.3 Å². The van der Waals surface area contributed by atoms with Crippen molar-refractivity contribution in [2.24, 2.45) is 4.40 Å². The molecular weight excluding hydrogens is 359 g/mol. The molecule has 0 bridgehead atoms. The first-order chi connectivity index (χ1) is 12.3. The summed E-state index contributed by atoms with van der Waals surface area (Å²) in [5, 5.41) is 0. The highest BCUT2D eigenvalue weighted by Gasteiger charge is 2.33. The molecule has 0 spiro atoms. The van der Waals surface area contributed by atoms with Crippen LogP contribution in [0, 0.1) is 5.82 Å². The van der Waals surface area contributed by atoms with Crippen LogP contribution in [-0.4, -0.2) is 73.9 Å². The van der Waals surface area contributed by atoms with Gasteiger partial charge in [-0.3, -0.25) is 4.79 Å². The minimum absolute atomic E-state index is 0.0456. The number of allylic oxidation sites excluding steroid dienone is 1. The molecule has 0 saturated carbocycles. The second kappa shape index (κ2) is 7.16. The Morgan fingerprint density at radius 1 is 1.15 bits per heavy atom. The highest BCUT2D eigenvalue weighted by Crippen LogP contribution is 2.22. The molecule has 0 aliphatic carbocycles. The molecular formula is C17H21FN4O3S. The number of hydrogen-bond acceptors (Lipinski definition) is 4. The number of halogens is 1. The zero-order valence-corrected chi connectivity index (χ0v) is 15.5. The molecule has 2 aliphatic rings. The summed E-state index contributed by atoms with van der Waals surface area (Å²) in [6.45, 7) is 5.57. The molecule has 0 aromatic heterocycles. The van der Waals surface area contributed by atoms with E-state index in [1.807, 2.05) is 0 Å². The van der Waals surface area contributed by atoms with Gasteiger partial charge in [0.15, 0.2) is 0 Å². The molecule has 2 heterocycles. The molecule has 0 unspecified atom stereocenters. The van der Waals surface area contributed by atoms with Crippen LogP contribution in [0.4, 0.5) is 4.39 Å². The van der Waals surface area contributed by atoms with Gasteiger partial charge in [0.1, 0.15) is 11.5 Å². The molecule has 140 valence electrons. The second-order valence-electron chi connectivity index (χ2n) is 6.18. The molecule has 1 aromatic rings. The largest absolute Gasteiger partial charge is 0.345 e. The van der Waals surface area contributed by atoms with Crippen molar-refractivity contribution in [3.63, 3.8) is 0 Å². The summed E-state index contributed by atoms with van der Waals surface area (Å²) in [7, 11) is -2.70. The van der Waals surface area contributed by atoms with E-state index in [0.717, 1.165) is 23.9 Å². The summed E-state index contributed by atoms with van der Waals surface area (Å²) >= 11 is 0. The van der Waals surface area contributed by atoms with Gasteiger partial charge in [-0.15, -0.1) is 4.40 Å². The van der Waals surface area contributed by atoms with Gasteiger partial charge in [0.05, 0.1) is 5.71 Å². The van der Waals surface area contributed by atoms with Crippen molar-refractivity contribution in [3.05, 3.63) is 47.4 Å². The van der Waals surface area contributed by atoms with Crippen LogP contribution in [0.5, 0.6) is 0 Å². The Labute approximate surface area is 152 Å². The molecule has 0 radical (unpaired) electrons. The number of benzene rings is 1. The van der Waals surface area contributed by atoms with Crippen LogP contribution in [0.1, 0.15) is 12.5 Å². The first-order valence-electron chi connectivity index (χ1n) is 8.40. The first kappa shape index (κ1) is 18.5. The molecule has 0 atom stereocenters. The molecule has 1 aromatic carbocycles. The van der Waals surface area contributed by atoms with Gasteiger partial charge >= 0.3 is 10.2 Å². The average Bonchev–Trinajstić information content (AvgIpc) is 2.64. The standard InChI is InChI=1S/C17H21FN4O3S/c1-3-21-8-10-22(11-9-21)17(23)16-12-15(19-26(24,25)20(16)2)13-4-6-14(18)7-5-13/h4-7,12H,3,8-11H2,1-2H3. The van der Waals surface area contributed by atoms with Crippen LogP contribution in [0.3, 0.4) is 0 Å². The molecule has 2 aliphatic heterocycles. The maximum atomic E-state index is 13.1. The Balaban J connectivity index is 1.90. The highest BCUT2D eigenvalue weighted by molar-refractivity contribution is 7.88. The monoisotopic (exact) mass is 380 g/mol. The number of amides is 1. The van der Waals surface area contributed by atoms with E-state index < -0.39 is 16.0 Å². The van der Waals surface area contributed by atoms with Crippen molar-refractivity contribution in [1.29, 1.82) is 0 Å². The molecule has 0 N–H and O–H groups in total. The number of carbonyl (C=O) groups is 1. The maximum Gasteiger partial charge on any atom is 0.345 e. The molecule has 1 saturated heterocycles. The number of carbonyl (C=O) groups excluding carboxylic acids is 1. The molecule has 9 heteroatoms. The summed E-state index contributed by atoms with van der Waals surface area (Å²) < 4.78 is 42.5. The van der Waals surface area contributed by atoms with Gasteiger partial charge in [0.2, 0.25) is 0 Å². The van der Waals surface area contributed by atoms with Crippen molar-refractivity contribution < 1.29 is 17.6 Å². The number of nitrogens with zero attached hydrogens (tertiary/aromatic N) is 4. The summed E-state index contributed by atoms with van der Waals surface area (Å²) in [5.41, 5.74) is 0.604. The molecule has 26 heavy (non-hydrogen) atoms. The van der Waals surface area contributed by atoms with E-state index >= 15 is 0 Å². The van der Waals surface area contributed by atoms with Crippen molar-refractivity contribution in [2.75, 3.05) is 39.8 Å². The molecule has 1 amide bonds. The number of hydrogen-bond donors (Lipinski definition) is 0. The lowest BCUT2D eigenvalue weighted by Gasteiger charge is -2.36. The van der Waals surface area contributed by atoms with Gasteiger partial charge < -0.3 is 9.80 Å². The van der Waals surface area contributed by atoms with E-state index in [1.54, 1.807) is 4.90 Å². The lowest BCUT2D eigenvalue weighted by atomic mass is 10.1. The quantitative estimate of drug-likeness (QED) is 0.779. The minimum atomic E-state index is -4.02. The fourth-order valence-corrected chi connectivity index (χ4v) is 3.85. The topological polar surface area (TPSA) is 73.3 Å². The van der Waals surface area contributed by atoms with Gasteiger partial charge in [0.25, 0.3) is 5.91 Å². The zero-order valence-electron chi connectivity index (χ0n) is 14.7. The Morgan fingerprint density at radius 2 is 1.77 bits per heavy atom. The fourth-order valence-electron chi connectivity index (χ4n) is 2.94. The minimum Gasteiger partial charge on any atom is -0.335 e. The number of piperazine rings is 1. The van der Waals surface area contributed by atoms with E-state index in [1.165, 1.54) is 37.4 Å². The van der Waals surface area contributed by atoms with E-state index in [2.05, 4.69) is 16.2 Å². The normalized spacial score (nSPS) is 20.6. The van der Waals surface area contributed by atoms with Gasteiger partial charge in [-0.2, -0.15) is 8.42 Å². The van der Waals surface area contributed by atoms with Crippen LogP contribution in [0.25, 0.3) is 0 Å². The molecule has 7 nitrogen and oxygen atoms in total. The van der Waals surface area contributed by atoms with E-state index in [4.69, 9.17) is 0 Å². The van der Waals surface area contributed by atoms with Crippen molar-refractivity contribution >= 4 is 21.8 Å². The highest BCUT2D eigenvalue weighted by atomic mass is 32.2.